The Bertz CT molecular complexity index is 577. The van der Waals surface area contributed by atoms with Gasteiger partial charge in [0.15, 0.2) is 11.5 Å². The molecule has 0 saturated heterocycles. The van der Waals surface area contributed by atoms with E-state index in [1.165, 1.54) is 43.6 Å². The molecule has 2 atom stereocenters. The summed E-state index contributed by atoms with van der Waals surface area (Å²) < 4.78 is 12.7. The van der Waals surface area contributed by atoms with Crippen LogP contribution >= 0.6 is 0 Å². The van der Waals surface area contributed by atoms with Crippen molar-refractivity contribution >= 4 is 0 Å². The lowest BCUT2D eigenvalue weighted by atomic mass is 9.87. The molecule has 1 aromatic rings. The van der Waals surface area contributed by atoms with Crippen molar-refractivity contribution in [2.75, 3.05) is 46.6 Å². The summed E-state index contributed by atoms with van der Waals surface area (Å²) in [5.74, 6) is 1.96. The first-order valence-electron chi connectivity index (χ1n) is 9.60. The molecule has 2 aliphatic rings. The third-order valence-electron chi connectivity index (χ3n) is 6.03. The molecular formula is C20H33IN2O2. The zero-order valence-corrected chi connectivity index (χ0v) is 18.3. The van der Waals surface area contributed by atoms with Crippen molar-refractivity contribution in [1.29, 1.82) is 0 Å². The Morgan fingerprint density at radius 3 is 2.60 bits per heavy atom. The van der Waals surface area contributed by atoms with E-state index in [9.17, 15) is 0 Å². The molecule has 1 aromatic carbocycles. The highest BCUT2D eigenvalue weighted by atomic mass is 127. The van der Waals surface area contributed by atoms with Crippen LogP contribution in [0.15, 0.2) is 12.1 Å². The smallest absolute Gasteiger partial charge is 0.231 e. The normalized spacial score (nSPS) is 24.1. The van der Waals surface area contributed by atoms with Crippen LogP contribution in [0.3, 0.4) is 0 Å². The molecule has 0 spiro atoms. The van der Waals surface area contributed by atoms with E-state index in [1.54, 1.807) is 0 Å². The number of quaternary nitrogens is 1. The van der Waals surface area contributed by atoms with Crippen molar-refractivity contribution in [2.45, 2.75) is 46.1 Å². The van der Waals surface area contributed by atoms with Gasteiger partial charge in [-0.25, -0.2) is 0 Å². The predicted octanol–water partition coefficient (Wildman–Crippen LogP) is 0.605. The number of hydrogen-bond acceptors (Lipinski definition) is 3. The first-order chi connectivity index (χ1) is 11.6. The van der Waals surface area contributed by atoms with Crippen molar-refractivity contribution in [3.05, 3.63) is 23.3 Å². The number of hydrogen-bond donors (Lipinski definition) is 0. The lowest BCUT2D eigenvalue weighted by molar-refractivity contribution is -0.941. The maximum Gasteiger partial charge on any atom is 0.231 e. The number of nitrogens with zero attached hydrogens (tertiary/aromatic N) is 2. The summed E-state index contributed by atoms with van der Waals surface area (Å²) in [4.78, 5) is 2.54. The molecule has 2 unspecified atom stereocenters. The highest BCUT2D eigenvalue weighted by molar-refractivity contribution is 5.53. The molecule has 0 radical (unpaired) electrons. The van der Waals surface area contributed by atoms with Crippen LogP contribution in [0.1, 0.15) is 50.8 Å². The second-order valence-electron chi connectivity index (χ2n) is 7.38. The van der Waals surface area contributed by atoms with Crippen LogP contribution in [0.2, 0.25) is 0 Å². The Kier molecular flexibility index (Phi) is 7.40. The fraction of sp³-hybridized carbons (Fsp3) is 0.700. The molecule has 2 heterocycles. The quantitative estimate of drug-likeness (QED) is 0.440. The molecule has 4 nitrogen and oxygen atoms in total. The van der Waals surface area contributed by atoms with Gasteiger partial charge >= 0.3 is 0 Å². The highest BCUT2D eigenvalue weighted by Crippen LogP contribution is 2.48. The van der Waals surface area contributed by atoms with E-state index in [1.807, 2.05) is 0 Å². The van der Waals surface area contributed by atoms with Gasteiger partial charge in [-0.1, -0.05) is 33.3 Å². The largest absolute Gasteiger partial charge is 1.00 e. The Hall–Kier alpha value is -0.530. The topological polar surface area (TPSA) is 21.7 Å². The summed E-state index contributed by atoms with van der Waals surface area (Å²) >= 11 is 0. The molecule has 0 aromatic heterocycles. The number of benzene rings is 1. The van der Waals surface area contributed by atoms with Gasteiger partial charge in [-0.05, 0) is 24.7 Å². The summed E-state index contributed by atoms with van der Waals surface area (Å²) in [6, 6.07) is 4.88. The van der Waals surface area contributed by atoms with Gasteiger partial charge in [-0.2, -0.15) is 0 Å². The minimum absolute atomic E-state index is 0. The van der Waals surface area contributed by atoms with E-state index in [-0.39, 0.29) is 24.0 Å². The summed E-state index contributed by atoms with van der Waals surface area (Å²) in [6.07, 6.45) is 3.55. The molecule has 0 N–H and O–H groups in total. The molecular weight excluding hydrogens is 427 g/mol. The fourth-order valence-electron chi connectivity index (χ4n) is 4.37. The van der Waals surface area contributed by atoms with Crippen LogP contribution in [0, 0.1) is 0 Å². The Morgan fingerprint density at radius 1 is 1.16 bits per heavy atom. The van der Waals surface area contributed by atoms with E-state index in [2.05, 4.69) is 44.9 Å². The van der Waals surface area contributed by atoms with Crippen LogP contribution in [0.5, 0.6) is 11.5 Å². The Balaban J connectivity index is 0.00000225. The number of halogens is 1. The van der Waals surface area contributed by atoms with Crippen molar-refractivity contribution in [1.82, 2.24) is 4.90 Å². The van der Waals surface area contributed by atoms with Crippen LogP contribution < -0.4 is 33.5 Å². The first-order valence-corrected chi connectivity index (χ1v) is 9.60. The van der Waals surface area contributed by atoms with Gasteiger partial charge in [-0.3, -0.25) is 4.90 Å². The van der Waals surface area contributed by atoms with Crippen molar-refractivity contribution in [3.63, 3.8) is 0 Å². The molecule has 0 fully saturated rings. The SMILES string of the molecule is CCCC1c2c(ccc3c2OCO3)CC[N+]1(C)CCN(CC)CC.[I-]. The fourth-order valence-corrected chi connectivity index (χ4v) is 4.37. The van der Waals surface area contributed by atoms with Crippen LogP contribution in [-0.2, 0) is 6.42 Å². The number of fused-ring (bicyclic) bond motifs is 3. The van der Waals surface area contributed by atoms with Crippen molar-refractivity contribution in [2.24, 2.45) is 0 Å². The van der Waals surface area contributed by atoms with E-state index in [0.717, 1.165) is 35.5 Å². The Labute approximate surface area is 170 Å². The van der Waals surface area contributed by atoms with Gasteiger partial charge in [-0.15, -0.1) is 0 Å². The zero-order valence-electron chi connectivity index (χ0n) is 16.2. The number of ether oxygens (including phenoxy) is 2. The van der Waals surface area contributed by atoms with Gasteiger partial charge in [0.05, 0.1) is 25.7 Å². The average Bonchev–Trinajstić information content (AvgIpc) is 3.07. The third-order valence-corrected chi connectivity index (χ3v) is 6.03. The average molecular weight is 460 g/mol. The molecule has 2 aliphatic heterocycles. The molecule has 0 bridgehead atoms. The third kappa shape index (κ3) is 4.08. The number of likely N-dealkylation sites (N-methyl/N-ethyl adjacent to an activating group) is 2. The summed E-state index contributed by atoms with van der Waals surface area (Å²) in [6.45, 7) is 13.1. The molecule has 0 amide bonds. The zero-order chi connectivity index (χ0) is 17.2. The molecule has 5 heteroatoms. The van der Waals surface area contributed by atoms with Gasteiger partial charge in [0.2, 0.25) is 6.79 Å². The minimum atomic E-state index is 0. The highest BCUT2D eigenvalue weighted by Gasteiger charge is 2.42. The van der Waals surface area contributed by atoms with E-state index < -0.39 is 0 Å². The molecule has 0 aliphatic carbocycles. The van der Waals surface area contributed by atoms with Crippen LogP contribution in [0.4, 0.5) is 0 Å². The Morgan fingerprint density at radius 2 is 1.92 bits per heavy atom. The summed E-state index contributed by atoms with van der Waals surface area (Å²) in [5, 5.41) is 0. The summed E-state index contributed by atoms with van der Waals surface area (Å²) in [7, 11) is 2.45. The minimum Gasteiger partial charge on any atom is -1.00 e. The van der Waals surface area contributed by atoms with Gasteiger partial charge in [0.25, 0.3) is 0 Å². The van der Waals surface area contributed by atoms with Gasteiger partial charge in [0.1, 0.15) is 6.04 Å². The molecule has 3 rings (SSSR count). The number of rotatable bonds is 7. The molecule has 142 valence electrons. The maximum absolute atomic E-state index is 5.89. The predicted molar refractivity (Wildman–Crippen MR) is 97.6 cm³/mol. The van der Waals surface area contributed by atoms with E-state index in [0.29, 0.717) is 12.8 Å². The first kappa shape index (κ1) is 20.8. The maximum atomic E-state index is 5.89. The summed E-state index contributed by atoms with van der Waals surface area (Å²) in [5.41, 5.74) is 2.90. The standard InChI is InChI=1S/C20H33N2O2.HI/c1-5-8-17-19-16(9-10-18-20(19)24-15-23-18)11-13-22(17,4)14-12-21(6-2)7-3;/h9-10,17H,5-8,11-15H2,1-4H3;1H/q+1;/p-1. The lowest BCUT2D eigenvalue weighted by Crippen LogP contribution is -3.00. The molecule has 0 saturated carbocycles. The van der Waals surface area contributed by atoms with Gasteiger partial charge < -0.3 is 37.9 Å². The second-order valence-corrected chi connectivity index (χ2v) is 7.38. The van der Waals surface area contributed by atoms with E-state index in [4.69, 9.17) is 9.47 Å². The second kappa shape index (κ2) is 8.91. The van der Waals surface area contributed by atoms with Crippen LogP contribution in [-0.4, -0.2) is 55.9 Å². The van der Waals surface area contributed by atoms with Gasteiger partial charge in [0, 0.05) is 19.4 Å². The monoisotopic (exact) mass is 460 g/mol. The molecule has 25 heavy (non-hydrogen) atoms. The lowest BCUT2D eigenvalue weighted by Gasteiger charge is -2.46. The van der Waals surface area contributed by atoms with Crippen LogP contribution in [0.25, 0.3) is 0 Å². The van der Waals surface area contributed by atoms with Crippen molar-refractivity contribution in [3.8, 4) is 11.5 Å². The van der Waals surface area contributed by atoms with E-state index >= 15 is 0 Å². The van der Waals surface area contributed by atoms with Crippen molar-refractivity contribution < 1.29 is 37.9 Å².